The SMILES string of the molecule is CCCCCS(=O)(=O)N1CCN(CC(=O)N(C)c2nc3ccccc3s2)CC1. The number of amides is 1. The Morgan fingerprint density at radius 2 is 1.89 bits per heavy atom. The van der Waals surface area contributed by atoms with Crippen molar-refractivity contribution in [2.45, 2.75) is 26.2 Å². The normalized spacial score (nSPS) is 16.5. The second-order valence-corrected chi connectivity index (χ2v) is 10.2. The Kier molecular flexibility index (Phi) is 7.03. The summed E-state index contributed by atoms with van der Waals surface area (Å²) < 4.78 is 27.4. The summed E-state index contributed by atoms with van der Waals surface area (Å²) in [6.45, 7) is 4.39. The zero-order chi connectivity index (χ0) is 20.1. The van der Waals surface area contributed by atoms with Crippen LogP contribution in [0.1, 0.15) is 26.2 Å². The monoisotopic (exact) mass is 424 g/mol. The number of hydrogen-bond donors (Lipinski definition) is 0. The predicted octanol–water partition coefficient (Wildman–Crippen LogP) is 2.40. The maximum absolute atomic E-state index is 12.7. The first-order valence-corrected chi connectivity index (χ1v) is 12.2. The van der Waals surface area contributed by atoms with Crippen LogP contribution in [0.25, 0.3) is 10.2 Å². The van der Waals surface area contributed by atoms with Gasteiger partial charge in [-0.2, -0.15) is 4.31 Å². The van der Waals surface area contributed by atoms with Gasteiger partial charge in [-0.25, -0.2) is 13.4 Å². The topological polar surface area (TPSA) is 73.8 Å². The molecule has 1 aromatic carbocycles. The third-order valence-electron chi connectivity index (χ3n) is 5.03. The summed E-state index contributed by atoms with van der Waals surface area (Å²) in [5.74, 6) is 0.193. The molecule has 1 aliphatic rings. The van der Waals surface area contributed by atoms with Crippen molar-refractivity contribution >= 4 is 42.6 Å². The summed E-state index contributed by atoms with van der Waals surface area (Å²) in [5, 5.41) is 0.684. The minimum atomic E-state index is -3.18. The Labute approximate surface area is 171 Å². The van der Waals surface area contributed by atoms with E-state index in [1.807, 2.05) is 29.2 Å². The molecule has 0 atom stereocenters. The Morgan fingerprint density at radius 1 is 1.18 bits per heavy atom. The van der Waals surface area contributed by atoms with E-state index in [1.165, 1.54) is 11.3 Å². The molecule has 1 fully saturated rings. The number of likely N-dealkylation sites (N-methyl/N-ethyl adjacent to an activating group) is 1. The Morgan fingerprint density at radius 3 is 2.57 bits per heavy atom. The van der Waals surface area contributed by atoms with Crippen molar-refractivity contribution in [3.63, 3.8) is 0 Å². The number of nitrogens with zero attached hydrogens (tertiary/aromatic N) is 4. The molecule has 2 aromatic rings. The second-order valence-electron chi connectivity index (χ2n) is 7.12. The third kappa shape index (κ3) is 5.08. The minimum absolute atomic E-state index is 0.0293. The molecular weight excluding hydrogens is 396 g/mol. The lowest BCUT2D eigenvalue weighted by atomic mass is 10.3. The standard InChI is InChI=1S/C19H28N4O3S2/c1-3-4-7-14-28(25,26)23-12-10-22(11-13-23)15-18(24)21(2)19-20-16-8-5-6-9-17(16)27-19/h5-6,8-9H,3-4,7,10-15H2,1-2H3. The molecule has 9 heteroatoms. The molecule has 0 spiro atoms. The maximum Gasteiger partial charge on any atom is 0.242 e. The fourth-order valence-electron chi connectivity index (χ4n) is 3.24. The number of hydrogen-bond acceptors (Lipinski definition) is 6. The molecule has 1 aliphatic heterocycles. The van der Waals surface area contributed by atoms with E-state index in [2.05, 4.69) is 11.9 Å². The average Bonchev–Trinajstić information content (AvgIpc) is 3.12. The summed E-state index contributed by atoms with van der Waals surface area (Å²) in [6, 6.07) is 7.83. The minimum Gasteiger partial charge on any atom is -0.292 e. The van der Waals surface area contributed by atoms with E-state index in [0.29, 0.717) is 37.7 Å². The van der Waals surface area contributed by atoms with Gasteiger partial charge < -0.3 is 0 Å². The van der Waals surface area contributed by atoms with Gasteiger partial charge in [0, 0.05) is 33.2 Å². The number of aromatic nitrogens is 1. The van der Waals surface area contributed by atoms with Gasteiger partial charge in [-0.05, 0) is 18.6 Å². The van der Waals surface area contributed by atoms with Gasteiger partial charge in [0.2, 0.25) is 15.9 Å². The first kappa shape index (κ1) is 21.2. The maximum atomic E-state index is 12.7. The second kappa shape index (κ2) is 9.30. The molecule has 1 saturated heterocycles. The summed E-state index contributed by atoms with van der Waals surface area (Å²) >= 11 is 1.50. The van der Waals surface area contributed by atoms with Crippen LogP contribution in [-0.4, -0.2) is 74.0 Å². The molecule has 2 heterocycles. The van der Waals surface area contributed by atoms with Crippen LogP contribution in [0.4, 0.5) is 5.13 Å². The van der Waals surface area contributed by atoms with E-state index >= 15 is 0 Å². The zero-order valence-electron chi connectivity index (χ0n) is 16.5. The number of carbonyl (C=O) groups is 1. The molecule has 0 radical (unpaired) electrons. The van der Waals surface area contributed by atoms with E-state index in [-0.39, 0.29) is 18.2 Å². The van der Waals surface area contributed by atoms with Gasteiger partial charge in [0.1, 0.15) is 0 Å². The number of anilines is 1. The zero-order valence-corrected chi connectivity index (χ0v) is 18.1. The van der Waals surface area contributed by atoms with Crippen molar-refractivity contribution in [2.75, 3.05) is 50.4 Å². The van der Waals surface area contributed by atoms with Gasteiger partial charge in [-0.15, -0.1) is 0 Å². The molecule has 3 rings (SSSR count). The first-order chi connectivity index (χ1) is 13.4. The lowest BCUT2D eigenvalue weighted by Crippen LogP contribution is -2.51. The highest BCUT2D eigenvalue weighted by Gasteiger charge is 2.28. The van der Waals surface area contributed by atoms with Crippen molar-refractivity contribution in [1.29, 1.82) is 0 Å². The fourth-order valence-corrected chi connectivity index (χ4v) is 5.73. The smallest absolute Gasteiger partial charge is 0.242 e. The van der Waals surface area contributed by atoms with E-state index in [0.717, 1.165) is 23.1 Å². The predicted molar refractivity (Wildman–Crippen MR) is 114 cm³/mol. The van der Waals surface area contributed by atoms with Crippen molar-refractivity contribution in [3.8, 4) is 0 Å². The number of unbranched alkanes of at least 4 members (excludes halogenated alkanes) is 2. The van der Waals surface area contributed by atoms with Gasteiger partial charge in [0.15, 0.2) is 5.13 Å². The average molecular weight is 425 g/mol. The summed E-state index contributed by atoms with van der Waals surface area (Å²) in [7, 11) is -1.43. The van der Waals surface area contributed by atoms with Crippen molar-refractivity contribution in [3.05, 3.63) is 24.3 Å². The molecular formula is C19H28N4O3S2. The van der Waals surface area contributed by atoms with E-state index in [4.69, 9.17) is 0 Å². The van der Waals surface area contributed by atoms with Gasteiger partial charge in [-0.1, -0.05) is 43.2 Å². The molecule has 28 heavy (non-hydrogen) atoms. The van der Waals surface area contributed by atoms with Crippen LogP contribution >= 0.6 is 11.3 Å². The van der Waals surface area contributed by atoms with Crippen LogP contribution < -0.4 is 4.90 Å². The Bertz CT molecular complexity index is 872. The lowest BCUT2D eigenvalue weighted by Gasteiger charge is -2.34. The molecule has 7 nitrogen and oxygen atoms in total. The number of piperazine rings is 1. The van der Waals surface area contributed by atoms with Crippen molar-refractivity contribution < 1.29 is 13.2 Å². The number of benzene rings is 1. The Hall–Kier alpha value is -1.55. The third-order valence-corrected chi connectivity index (χ3v) is 8.10. The molecule has 0 bridgehead atoms. The highest BCUT2D eigenvalue weighted by Crippen LogP contribution is 2.27. The van der Waals surface area contributed by atoms with E-state index in [1.54, 1.807) is 16.3 Å². The molecule has 1 aromatic heterocycles. The van der Waals surface area contributed by atoms with E-state index in [9.17, 15) is 13.2 Å². The highest BCUT2D eigenvalue weighted by molar-refractivity contribution is 7.89. The van der Waals surface area contributed by atoms with Gasteiger partial charge in [-0.3, -0.25) is 14.6 Å². The quantitative estimate of drug-likeness (QED) is 0.609. The van der Waals surface area contributed by atoms with Crippen molar-refractivity contribution in [1.82, 2.24) is 14.2 Å². The largest absolute Gasteiger partial charge is 0.292 e. The van der Waals surface area contributed by atoms with Crippen LogP contribution in [-0.2, 0) is 14.8 Å². The van der Waals surface area contributed by atoms with Crippen LogP contribution in [0.15, 0.2) is 24.3 Å². The molecule has 1 amide bonds. The number of para-hydroxylation sites is 1. The van der Waals surface area contributed by atoms with Gasteiger partial charge >= 0.3 is 0 Å². The molecule has 154 valence electrons. The Balaban J connectivity index is 1.52. The highest BCUT2D eigenvalue weighted by atomic mass is 32.2. The van der Waals surface area contributed by atoms with Crippen LogP contribution in [0.5, 0.6) is 0 Å². The molecule has 0 aliphatic carbocycles. The number of thiazole rings is 1. The molecule has 0 N–H and O–H groups in total. The van der Waals surface area contributed by atoms with Crippen LogP contribution in [0.3, 0.4) is 0 Å². The number of carbonyl (C=O) groups excluding carboxylic acids is 1. The summed E-state index contributed by atoms with van der Waals surface area (Å²) in [5.41, 5.74) is 0.893. The van der Waals surface area contributed by atoms with Crippen LogP contribution in [0.2, 0.25) is 0 Å². The van der Waals surface area contributed by atoms with Gasteiger partial charge in [0.25, 0.3) is 0 Å². The van der Waals surface area contributed by atoms with Gasteiger partial charge in [0.05, 0.1) is 22.5 Å². The number of sulfonamides is 1. The van der Waals surface area contributed by atoms with Crippen LogP contribution in [0, 0.1) is 0 Å². The summed E-state index contributed by atoms with van der Waals surface area (Å²) in [4.78, 5) is 20.8. The lowest BCUT2D eigenvalue weighted by molar-refractivity contribution is -0.119. The number of fused-ring (bicyclic) bond motifs is 1. The first-order valence-electron chi connectivity index (χ1n) is 9.73. The van der Waals surface area contributed by atoms with E-state index < -0.39 is 10.0 Å². The fraction of sp³-hybridized carbons (Fsp3) is 0.579. The number of rotatable bonds is 8. The van der Waals surface area contributed by atoms with Crippen molar-refractivity contribution in [2.24, 2.45) is 0 Å². The summed E-state index contributed by atoms with van der Waals surface area (Å²) in [6.07, 6.45) is 2.66. The molecule has 0 unspecified atom stereocenters. The molecule has 0 saturated carbocycles.